The molecule has 0 aromatic carbocycles. The molecular weight excluding hydrogens is 324 g/mol. The van der Waals surface area contributed by atoms with E-state index < -0.39 is 0 Å². The van der Waals surface area contributed by atoms with Crippen LogP contribution >= 0.6 is 0 Å². The first-order valence-corrected chi connectivity index (χ1v) is 8.93. The van der Waals surface area contributed by atoms with Crippen LogP contribution in [0, 0.1) is 5.92 Å². The van der Waals surface area contributed by atoms with Gasteiger partial charge in [0.2, 0.25) is 11.3 Å². The molecule has 0 radical (unpaired) electrons. The van der Waals surface area contributed by atoms with E-state index in [1.54, 1.807) is 0 Å². The molecule has 9 nitrogen and oxygen atoms in total. The second-order valence-electron chi connectivity index (χ2n) is 6.51. The van der Waals surface area contributed by atoms with E-state index >= 15 is 0 Å². The van der Waals surface area contributed by atoms with Gasteiger partial charge in [-0.15, -0.1) is 0 Å². The number of carbonyl (C=O) groups excluding carboxylic acids is 1. The van der Waals surface area contributed by atoms with Crippen LogP contribution in [0.1, 0.15) is 32.6 Å². The predicted octanol–water partition coefficient (Wildman–Crippen LogP) is 1.39. The van der Waals surface area contributed by atoms with Crippen LogP contribution in [0.5, 0.6) is 0 Å². The molecule has 4 rings (SSSR count). The lowest BCUT2D eigenvalue weighted by molar-refractivity contribution is -0.148. The van der Waals surface area contributed by atoms with Gasteiger partial charge >= 0.3 is 5.97 Å². The normalized spacial score (nSPS) is 21.1. The molecule has 9 heteroatoms. The van der Waals surface area contributed by atoms with Gasteiger partial charge in [-0.05, 0) is 42.9 Å². The Hall–Kier alpha value is -2.45. The molecule has 0 saturated carbocycles. The molecule has 2 aromatic heterocycles. The molecule has 2 aliphatic heterocycles. The first kappa shape index (κ1) is 16.0. The SMILES string of the molecule is CCOC(=O)[C@@H]1CCCN(c2nc3nonc3nc2N2CCCC2)C1. The second-order valence-corrected chi connectivity index (χ2v) is 6.51. The second kappa shape index (κ2) is 6.81. The number of carbonyl (C=O) groups is 1. The highest BCUT2D eigenvalue weighted by molar-refractivity contribution is 5.77. The van der Waals surface area contributed by atoms with E-state index in [0.29, 0.717) is 24.4 Å². The number of hydrogen-bond donors (Lipinski definition) is 0. The largest absolute Gasteiger partial charge is 0.466 e. The third kappa shape index (κ3) is 3.10. The van der Waals surface area contributed by atoms with Gasteiger partial charge in [0.15, 0.2) is 11.6 Å². The summed E-state index contributed by atoms with van der Waals surface area (Å²) in [6.07, 6.45) is 4.04. The first-order chi connectivity index (χ1) is 12.3. The molecule has 4 heterocycles. The monoisotopic (exact) mass is 346 g/mol. The van der Waals surface area contributed by atoms with Crippen molar-refractivity contribution in [1.29, 1.82) is 0 Å². The molecular formula is C16H22N6O3. The highest BCUT2D eigenvalue weighted by Crippen LogP contribution is 2.32. The van der Waals surface area contributed by atoms with E-state index in [1.165, 1.54) is 0 Å². The van der Waals surface area contributed by atoms with E-state index in [-0.39, 0.29) is 11.9 Å². The van der Waals surface area contributed by atoms with Gasteiger partial charge < -0.3 is 14.5 Å². The Labute approximate surface area is 145 Å². The zero-order chi connectivity index (χ0) is 17.2. The summed E-state index contributed by atoms with van der Waals surface area (Å²) in [6.45, 7) is 5.57. The zero-order valence-corrected chi connectivity index (χ0v) is 14.3. The maximum Gasteiger partial charge on any atom is 0.310 e. The van der Waals surface area contributed by atoms with E-state index in [9.17, 15) is 4.79 Å². The van der Waals surface area contributed by atoms with Crippen LogP contribution < -0.4 is 9.80 Å². The minimum Gasteiger partial charge on any atom is -0.466 e. The lowest BCUT2D eigenvalue weighted by Crippen LogP contribution is -2.41. The van der Waals surface area contributed by atoms with E-state index in [2.05, 4.69) is 30.1 Å². The number of ether oxygens (including phenoxy) is 1. The van der Waals surface area contributed by atoms with Gasteiger partial charge in [-0.2, -0.15) is 0 Å². The topological polar surface area (TPSA) is 97.5 Å². The summed E-state index contributed by atoms with van der Waals surface area (Å²) >= 11 is 0. The Kier molecular flexibility index (Phi) is 4.37. The smallest absolute Gasteiger partial charge is 0.310 e. The van der Waals surface area contributed by atoms with Gasteiger partial charge in [0.1, 0.15) is 0 Å². The molecule has 1 atom stereocenters. The Bertz CT molecular complexity index is 757. The molecule has 0 amide bonds. The van der Waals surface area contributed by atoms with Gasteiger partial charge in [0.25, 0.3) is 0 Å². The van der Waals surface area contributed by atoms with Crippen LogP contribution in [-0.4, -0.2) is 59.0 Å². The van der Waals surface area contributed by atoms with Crippen molar-refractivity contribution in [2.75, 3.05) is 42.6 Å². The first-order valence-electron chi connectivity index (χ1n) is 8.93. The van der Waals surface area contributed by atoms with Crippen molar-refractivity contribution in [2.24, 2.45) is 5.92 Å². The third-order valence-corrected chi connectivity index (χ3v) is 4.82. The Morgan fingerprint density at radius 3 is 2.40 bits per heavy atom. The number of anilines is 2. The van der Waals surface area contributed by atoms with E-state index in [0.717, 1.165) is 57.0 Å². The Balaban J connectivity index is 1.66. The number of piperidine rings is 1. The summed E-state index contributed by atoms with van der Waals surface area (Å²) in [5, 5.41) is 7.65. The molecule has 0 N–H and O–H groups in total. The minimum absolute atomic E-state index is 0.131. The maximum atomic E-state index is 12.2. The summed E-state index contributed by atoms with van der Waals surface area (Å²) in [5.74, 6) is 1.31. The standard InChI is InChI=1S/C16H22N6O3/c1-2-24-16(23)11-6-5-9-22(10-11)15-14(21-7-3-4-8-21)17-12-13(18-15)20-25-19-12/h11H,2-10H2,1H3/t11-/m1/s1. The molecule has 2 aliphatic rings. The van der Waals surface area contributed by atoms with Crippen LogP contribution in [0.2, 0.25) is 0 Å². The lowest BCUT2D eigenvalue weighted by Gasteiger charge is -2.34. The van der Waals surface area contributed by atoms with Crippen molar-refractivity contribution < 1.29 is 14.2 Å². The number of rotatable bonds is 4. The van der Waals surface area contributed by atoms with E-state index in [4.69, 9.17) is 9.37 Å². The lowest BCUT2D eigenvalue weighted by atomic mass is 9.98. The highest BCUT2D eigenvalue weighted by Gasteiger charge is 2.31. The summed E-state index contributed by atoms with van der Waals surface area (Å²) in [4.78, 5) is 25.8. The molecule has 25 heavy (non-hydrogen) atoms. The summed E-state index contributed by atoms with van der Waals surface area (Å²) < 4.78 is 9.98. The van der Waals surface area contributed by atoms with Crippen LogP contribution in [0.25, 0.3) is 11.3 Å². The summed E-state index contributed by atoms with van der Waals surface area (Å²) in [5.41, 5.74) is 0.820. The number of aromatic nitrogens is 4. The molecule has 0 bridgehead atoms. The van der Waals surface area contributed by atoms with Crippen LogP contribution in [-0.2, 0) is 9.53 Å². The third-order valence-electron chi connectivity index (χ3n) is 4.82. The molecule has 2 aromatic rings. The van der Waals surface area contributed by atoms with Crippen LogP contribution in [0.3, 0.4) is 0 Å². The van der Waals surface area contributed by atoms with E-state index in [1.807, 2.05) is 6.92 Å². The molecule has 134 valence electrons. The van der Waals surface area contributed by atoms with Crippen molar-refractivity contribution in [3.63, 3.8) is 0 Å². The number of fused-ring (bicyclic) bond motifs is 1. The molecule has 0 aliphatic carbocycles. The quantitative estimate of drug-likeness (QED) is 0.761. The fourth-order valence-corrected chi connectivity index (χ4v) is 3.60. The van der Waals surface area contributed by atoms with Gasteiger partial charge in [-0.25, -0.2) is 14.6 Å². The van der Waals surface area contributed by atoms with Crippen LogP contribution in [0.15, 0.2) is 4.63 Å². The van der Waals surface area contributed by atoms with Crippen molar-refractivity contribution in [3.8, 4) is 0 Å². The van der Waals surface area contributed by atoms with Crippen molar-refractivity contribution in [1.82, 2.24) is 20.3 Å². The minimum atomic E-state index is -0.132. The Morgan fingerprint density at radius 1 is 1.08 bits per heavy atom. The fourth-order valence-electron chi connectivity index (χ4n) is 3.60. The van der Waals surface area contributed by atoms with Gasteiger partial charge in [-0.1, -0.05) is 0 Å². The average Bonchev–Trinajstić information content (AvgIpc) is 3.32. The van der Waals surface area contributed by atoms with Crippen LogP contribution in [0.4, 0.5) is 11.6 Å². The van der Waals surface area contributed by atoms with Crippen molar-refractivity contribution >= 4 is 28.9 Å². The number of nitrogens with zero attached hydrogens (tertiary/aromatic N) is 6. The summed E-state index contributed by atoms with van der Waals surface area (Å²) in [7, 11) is 0. The van der Waals surface area contributed by atoms with Crippen molar-refractivity contribution in [2.45, 2.75) is 32.6 Å². The maximum absolute atomic E-state index is 12.2. The number of hydrogen-bond acceptors (Lipinski definition) is 9. The zero-order valence-electron chi connectivity index (χ0n) is 14.3. The van der Waals surface area contributed by atoms with Gasteiger partial charge in [0, 0.05) is 26.2 Å². The fraction of sp³-hybridized carbons (Fsp3) is 0.688. The number of esters is 1. The van der Waals surface area contributed by atoms with Crippen molar-refractivity contribution in [3.05, 3.63) is 0 Å². The molecule has 2 saturated heterocycles. The van der Waals surface area contributed by atoms with Gasteiger partial charge in [-0.3, -0.25) is 4.79 Å². The Morgan fingerprint density at radius 2 is 1.72 bits per heavy atom. The summed E-state index contributed by atoms with van der Waals surface area (Å²) in [6, 6.07) is 0. The molecule has 0 spiro atoms. The molecule has 2 fully saturated rings. The highest BCUT2D eigenvalue weighted by atomic mass is 16.6. The van der Waals surface area contributed by atoms with Gasteiger partial charge in [0.05, 0.1) is 12.5 Å². The predicted molar refractivity (Wildman–Crippen MR) is 90.4 cm³/mol. The molecule has 0 unspecified atom stereocenters. The average molecular weight is 346 g/mol.